The minimum absolute atomic E-state index is 0.0178. The average molecular weight is 2090 g/mol. The van der Waals surface area contributed by atoms with E-state index in [-0.39, 0.29) is 53.2 Å². The average Bonchev–Trinajstić information content (AvgIpc) is 0.802. The first kappa shape index (κ1) is 127. The molecule has 7 fully saturated rings. The maximum Gasteiger partial charge on any atom is 0.0983 e. The normalized spacial score (nSPS) is 19.3. The molecule has 7 aromatic heterocycles. The van der Waals surface area contributed by atoms with Gasteiger partial charge in [0.25, 0.3) is 0 Å². The first-order valence-electron chi connectivity index (χ1n) is 55.7. The highest BCUT2D eigenvalue weighted by Gasteiger charge is 2.40. The third-order valence-electron chi connectivity index (χ3n) is 30.0. The van der Waals surface area contributed by atoms with Crippen molar-refractivity contribution in [3.8, 4) is 0 Å². The largest absolute Gasteiger partial charge is 0.382 e. The van der Waals surface area contributed by atoms with Crippen molar-refractivity contribution >= 4 is 39.8 Å². The van der Waals surface area contributed by atoms with Crippen LogP contribution in [0.2, 0.25) is 0 Å². The molecule has 14 rings (SSSR count). The molecule has 0 radical (unpaired) electrons. The molecule has 7 saturated heterocycles. The van der Waals surface area contributed by atoms with Crippen LogP contribution in [0.15, 0.2) is 104 Å². The van der Waals surface area contributed by atoms with E-state index in [4.69, 9.17) is 67.3 Å². The van der Waals surface area contributed by atoms with Crippen LogP contribution in [0, 0.1) is 0 Å². The van der Waals surface area contributed by atoms with Crippen LogP contribution in [0.25, 0.3) is 0 Å². The van der Waals surface area contributed by atoms with Crippen LogP contribution in [-0.4, -0.2) is 406 Å². The topological polar surface area (TPSA) is 228 Å². The lowest BCUT2D eigenvalue weighted by atomic mass is 9.94. The highest BCUT2D eigenvalue weighted by atomic mass is 16.5. The molecule has 0 amide bonds. The summed E-state index contributed by atoms with van der Waals surface area (Å²) in [5.41, 5.74) is 21.4. The van der Waals surface area contributed by atoms with E-state index in [0.717, 1.165) is 235 Å². The Balaban J connectivity index is 0.000000213. The quantitative estimate of drug-likeness (QED) is 0.0355. The Morgan fingerprint density at radius 1 is 0.287 bits per heavy atom. The van der Waals surface area contributed by atoms with E-state index in [1.165, 1.54) is 51.2 Å². The number of anilines is 7. The summed E-state index contributed by atoms with van der Waals surface area (Å²) in [5, 5.41) is 0. The molecule has 150 heavy (non-hydrogen) atoms. The number of morpholine rings is 7. The summed E-state index contributed by atoms with van der Waals surface area (Å²) in [5.74, 6) is 3.24. The predicted molar refractivity (Wildman–Crippen MR) is 621 cm³/mol. The van der Waals surface area contributed by atoms with Crippen LogP contribution < -0.4 is 34.3 Å². The minimum Gasteiger partial charge on any atom is -0.382 e. The molecule has 0 N–H and O–H groups in total. The van der Waals surface area contributed by atoms with Crippen molar-refractivity contribution in [2.45, 2.75) is 273 Å². The van der Waals surface area contributed by atoms with Gasteiger partial charge in [0.05, 0.1) is 190 Å². The van der Waals surface area contributed by atoms with E-state index in [2.05, 4.69) is 405 Å². The molecule has 6 atom stereocenters. The summed E-state index contributed by atoms with van der Waals surface area (Å²) in [7, 11) is 30.3. The smallest absolute Gasteiger partial charge is 0.0983 e. The van der Waals surface area contributed by atoms with Crippen molar-refractivity contribution in [2.75, 3.05) is 318 Å². The number of methoxy groups -OCH3 is 3. The first-order chi connectivity index (χ1) is 71.1. The number of hydrogen-bond acceptors (Lipinski definition) is 31. The standard InChI is InChI=1S/3C17H29N3O2.4C17H29N3O/c3*1-13(2)15-6-7-17(16(18-15)11-19(3)4)20-8-9-22-14(10-20)12-21-5;3*1-13(2)15-8-7-14(11-18-15)20-9-10-21-16(12-20)17(3,4)19(5)6;1-5-19(6-2)13-16-17(20-9-11-21-12-10-20)8-7-15(18-16)14(3)4/h3*6-7,13-14H,8-12H2,1-5H3;3*7-8,11,13,16H,9-10,12H2,1-6H3;7-8,14H,5-6,9-13H2,1-4H3/t2*14-;;2*16-;;/m10.10../s1. The Morgan fingerprint density at radius 2 is 0.513 bits per heavy atom. The second-order valence-corrected chi connectivity index (χ2v) is 46.2. The van der Waals surface area contributed by atoms with E-state index >= 15 is 0 Å². The predicted octanol–water partition coefficient (Wildman–Crippen LogP) is 17.5. The molecule has 14 heterocycles. The molecule has 31 heteroatoms. The number of hydrogen-bond donors (Lipinski definition) is 0. The van der Waals surface area contributed by atoms with Crippen LogP contribution >= 0.6 is 0 Å². The summed E-state index contributed by atoms with van der Waals surface area (Å²) in [6, 6.07) is 30.5. The molecule has 7 aliphatic rings. The molecule has 844 valence electrons. The van der Waals surface area contributed by atoms with Crippen molar-refractivity contribution < 1.29 is 47.4 Å². The van der Waals surface area contributed by atoms with Gasteiger partial charge in [-0.15, -0.1) is 0 Å². The first-order valence-corrected chi connectivity index (χ1v) is 55.7. The third kappa shape index (κ3) is 39.1. The van der Waals surface area contributed by atoms with Crippen molar-refractivity contribution in [3.05, 3.63) is 166 Å². The SMILES string of the molecule is CC(C)c1ccc(N2CCOC(C(C)(C)N(C)C)C2)cn1.CC(C)c1ccc(N2CCO[C@@H](C(C)(C)N(C)C)C2)cn1.CC(C)c1ccc(N2CCO[C@H](C(C)(C)N(C)C)C2)cn1.CCN(CC)Cc1nc(C(C)C)ccc1N1CCOCC1.COCC1CN(c2ccc(C(C)C)nc2CN(C)C)CCO1.COC[C@@H]1CN(c2ccc(C(C)C)nc2CN(C)C)CCO1.COC[C@H]1CN(c2ccc(C(C)C)nc2CN(C)C)CCO1. The Morgan fingerprint density at radius 3 is 0.733 bits per heavy atom. The molecule has 2 unspecified atom stereocenters. The Bertz CT molecular complexity index is 4520. The van der Waals surface area contributed by atoms with Crippen LogP contribution in [0.3, 0.4) is 0 Å². The van der Waals surface area contributed by atoms with Gasteiger partial charge in [0, 0.05) is 196 Å². The highest BCUT2D eigenvalue weighted by Crippen LogP contribution is 2.35. The van der Waals surface area contributed by atoms with Gasteiger partial charge in [-0.3, -0.25) is 39.8 Å². The molecule has 31 nitrogen and oxygen atoms in total. The second kappa shape index (κ2) is 62.6. The molecular formula is C119H203N21O10. The van der Waals surface area contributed by atoms with Gasteiger partial charge in [0.1, 0.15) is 0 Å². The number of nitrogens with zero attached hydrogens (tertiary/aromatic N) is 21. The molecule has 0 saturated carbocycles. The maximum atomic E-state index is 6.01. The number of aromatic nitrogens is 7. The highest BCUT2D eigenvalue weighted by molar-refractivity contribution is 5.56. The number of likely N-dealkylation sites (N-methyl/N-ethyl adjacent to an activating group) is 3. The van der Waals surface area contributed by atoms with Gasteiger partial charge >= 0.3 is 0 Å². The summed E-state index contributed by atoms with van der Waals surface area (Å²) in [6.07, 6.45) is 7.01. The summed E-state index contributed by atoms with van der Waals surface area (Å²) in [4.78, 5) is 65.8. The second-order valence-electron chi connectivity index (χ2n) is 46.2. The Hall–Kier alpha value is -8.03. The molecule has 0 spiro atoms. The minimum atomic E-state index is 0.0178. The molecular weight excluding hydrogens is 1880 g/mol. The number of rotatable bonds is 36. The van der Waals surface area contributed by atoms with E-state index in [0.29, 0.717) is 61.2 Å². The van der Waals surface area contributed by atoms with Gasteiger partial charge in [0.2, 0.25) is 0 Å². The zero-order chi connectivity index (χ0) is 110. The summed E-state index contributed by atoms with van der Waals surface area (Å²) < 4.78 is 56.5. The molecule has 0 bridgehead atoms. The lowest BCUT2D eigenvalue weighted by molar-refractivity contribution is -0.0484. The van der Waals surface area contributed by atoms with Crippen molar-refractivity contribution in [1.82, 2.24) is 69.2 Å². The maximum absolute atomic E-state index is 6.01. The molecule has 0 aliphatic carbocycles. The van der Waals surface area contributed by atoms with Gasteiger partial charge in [-0.05, 0) is 266 Å². The van der Waals surface area contributed by atoms with Crippen LogP contribution in [0.4, 0.5) is 39.8 Å². The fourth-order valence-corrected chi connectivity index (χ4v) is 18.6. The molecule has 0 aromatic carbocycles. The fourth-order valence-electron chi connectivity index (χ4n) is 18.6. The summed E-state index contributed by atoms with van der Waals surface area (Å²) >= 11 is 0. The number of pyridine rings is 7. The van der Waals surface area contributed by atoms with E-state index < -0.39 is 0 Å². The number of ether oxygens (including phenoxy) is 10. The molecule has 7 aromatic rings. The Labute approximate surface area is 908 Å². The van der Waals surface area contributed by atoms with E-state index in [9.17, 15) is 0 Å². The summed E-state index contributed by atoms with van der Waals surface area (Å²) in [6.45, 7) is 74.8. The van der Waals surface area contributed by atoms with Gasteiger partial charge in [0.15, 0.2) is 0 Å². The van der Waals surface area contributed by atoms with Gasteiger partial charge < -0.3 is 111 Å². The van der Waals surface area contributed by atoms with Gasteiger partial charge in [-0.1, -0.05) is 111 Å². The van der Waals surface area contributed by atoms with Crippen LogP contribution in [0.5, 0.6) is 0 Å². The third-order valence-corrected chi connectivity index (χ3v) is 30.0. The van der Waals surface area contributed by atoms with Crippen molar-refractivity contribution in [3.63, 3.8) is 0 Å². The monoisotopic (exact) mass is 2090 g/mol. The van der Waals surface area contributed by atoms with E-state index in [1.54, 1.807) is 21.3 Å². The van der Waals surface area contributed by atoms with Crippen molar-refractivity contribution in [1.29, 1.82) is 0 Å². The lowest BCUT2D eigenvalue weighted by Gasteiger charge is -2.45. The zero-order valence-electron chi connectivity index (χ0n) is 100. The lowest BCUT2D eigenvalue weighted by Crippen LogP contribution is -2.57. The van der Waals surface area contributed by atoms with Crippen LogP contribution in [0.1, 0.15) is 256 Å². The van der Waals surface area contributed by atoms with Crippen LogP contribution in [-0.2, 0) is 73.5 Å². The van der Waals surface area contributed by atoms with Gasteiger partial charge in [-0.25, -0.2) is 0 Å². The Kier molecular flexibility index (Phi) is 53.1. The van der Waals surface area contributed by atoms with Gasteiger partial charge in [-0.2, -0.15) is 0 Å². The van der Waals surface area contributed by atoms with Crippen molar-refractivity contribution in [2.24, 2.45) is 0 Å². The molecule has 7 aliphatic heterocycles. The van der Waals surface area contributed by atoms with E-state index in [1.807, 2.05) is 18.6 Å². The fraction of sp³-hybridized carbons (Fsp3) is 0.706. The zero-order valence-corrected chi connectivity index (χ0v) is 100.